The van der Waals surface area contributed by atoms with Crippen LogP contribution in [-0.2, 0) is 14.9 Å². The van der Waals surface area contributed by atoms with Gasteiger partial charge in [-0.3, -0.25) is 4.79 Å². The molecule has 0 aromatic carbocycles. The van der Waals surface area contributed by atoms with Crippen molar-refractivity contribution >= 4 is 16.0 Å². The smallest absolute Gasteiger partial charge is 0.220 e. The molecule has 4 N–H and O–H groups in total. The number of fused-ring (bicyclic) bond motifs is 5. The van der Waals surface area contributed by atoms with E-state index in [4.69, 9.17) is 0 Å². The highest BCUT2D eigenvalue weighted by atomic mass is 32.2. The lowest BCUT2D eigenvalue weighted by molar-refractivity contribution is -0.890. The molecular formula is C32H58N2O7S. The SMILES string of the molecule is CC(CCC(=O)NCCC[N+](C)(C)CCCS(=O)(=O)[O-])C1CC[C@H]2[C@@H]3C(O)C[C@@H]4CC(O)CC[C@]4(C)[C@@H]3CC(O)[C@]12C. The minimum Gasteiger partial charge on any atom is -0.748 e. The van der Waals surface area contributed by atoms with Gasteiger partial charge in [0.1, 0.15) is 0 Å². The summed E-state index contributed by atoms with van der Waals surface area (Å²) in [6.07, 6.45) is 7.35. The first kappa shape index (κ1) is 34.1. The van der Waals surface area contributed by atoms with Crippen LogP contribution in [0.15, 0.2) is 0 Å². The maximum atomic E-state index is 12.7. The van der Waals surface area contributed by atoms with E-state index in [0.717, 1.165) is 64.3 Å². The fourth-order valence-electron chi connectivity index (χ4n) is 10.3. The van der Waals surface area contributed by atoms with Crippen LogP contribution in [0.4, 0.5) is 0 Å². The van der Waals surface area contributed by atoms with Gasteiger partial charge in [-0.1, -0.05) is 20.8 Å². The third-order valence-electron chi connectivity index (χ3n) is 12.8. The van der Waals surface area contributed by atoms with Crippen LogP contribution in [0, 0.1) is 46.3 Å². The van der Waals surface area contributed by atoms with Gasteiger partial charge in [0, 0.05) is 31.6 Å². The first-order valence-corrected chi connectivity index (χ1v) is 18.1. The van der Waals surface area contributed by atoms with Crippen molar-refractivity contribution in [2.24, 2.45) is 46.3 Å². The van der Waals surface area contributed by atoms with E-state index in [9.17, 15) is 33.1 Å². The molecule has 0 heterocycles. The van der Waals surface area contributed by atoms with E-state index >= 15 is 0 Å². The van der Waals surface area contributed by atoms with Gasteiger partial charge < -0.3 is 29.7 Å². The first-order valence-electron chi connectivity index (χ1n) is 16.5. The number of nitrogens with one attached hydrogen (secondary N) is 1. The van der Waals surface area contributed by atoms with Crippen molar-refractivity contribution in [2.45, 2.75) is 110 Å². The van der Waals surface area contributed by atoms with Crippen LogP contribution in [0.3, 0.4) is 0 Å². The summed E-state index contributed by atoms with van der Waals surface area (Å²) < 4.78 is 33.1. The van der Waals surface area contributed by atoms with Gasteiger partial charge in [-0.05, 0) is 97.7 Å². The maximum Gasteiger partial charge on any atom is 0.220 e. The molecule has 9 nitrogen and oxygen atoms in total. The van der Waals surface area contributed by atoms with Crippen LogP contribution in [0.2, 0.25) is 0 Å². The molecule has 0 aliphatic heterocycles. The second kappa shape index (κ2) is 12.9. The van der Waals surface area contributed by atoms with Crippen molar-refractivity contribution in [3.05, 3.63) is 0 Å². The first-order chi connectivity index (χ1) is 19.5. The Labute approximate surface area is 254 Å². The van der Waals surface area contributed by atoms with E-state index in [2.05, 4.69) is 26.1 Å². The molecule has 4 aliphatic carbocycles. The van der Waals surface area contributed by atoms with Gasteiger partial charge in [0.15, 0.2) is 0 Å². The zero-order chi connectivity index (χ0) is 31.1. The number of quaternary nitrogens is 1. The molecule has 4 aliphatic rings. The maximum absolute atomic E-state index is 12.7. The number of rotatable bonds is 12. The number of carbonyl (C=O) groups excluding carboxylic acids is 1. The molecular weight excluding hydrogens is 556 g/mol. The van der Waals surface area contributed by atoms with E-state index in [1.807, 2.05) is 14.1 Å². The third-order valence-corrected chi connectivity index (χ3v) is 13.6. The van der Waals surface area contributed by atoms with Gasteiger partial charge in [0.2, 0.25) is 5.91 Å². The highest BCUT2D eigenvalue weighted by molar-refractivity contribution is 7.85. The van der Waals surface area contributed by atoms with E-state index in [1.165, 1.54) is 0 Å². The number of amides is 1. The second-order valence-corrected chi connectivity index (χ2v) is 17.3. The molecule has 0 bridgehead atoms. The standard InChI is InChI=1S/C32H58N2O7S/c1-21(8-11-29(38)33-14-6-15-34(4,5)16-7-17-42(39,40)41)24-9-10-25-30-26(20-28(37)32(24,25)3)31(2)13-12-23(35)18-22(31)19-27(30)36/h21-28,30,35-37H,6-20H2,1-5H3,(H-,33,38,39,40,41)/t21?,22-,23?,24?,25-,26+,27?,28?,30-,31-,32+/m0/s1. The zero-order valence-corrected chi connectivity index (χ0v) is 27.4. The molecule has 11 atom stereocenters. The minimum atomic E-state index is -4.18. The van der Waals surface area contributed by atoms with Crippen molar-refractivity contribution in [1.82, 2.24) is 5.32 Å². The summed E-state index contributed by atoms with van der Waals surface area (Å²) in [5, 5.41) is 36.6. The quantitative estimate of drug-likeness (QED) is 0.150. The number of hydrogen-bond acceptors (Lipinski definition) is 7. The van der Waals surface area contributed by atoms with Crippen LogP contribution in [-0.4, -0.2) is 96.5 Å². The molecule has 5 unspecified atom stereocenters. The average molecular weight is 615 g/mol. The Morgan fingerprint density at radius 2 is 1.71 bits per heavy atom. The Bertz CT molecular complexity index is 1050. The molecule has 4 saturated carbocycles. The number of aliphatic hydroxyl groups excluding tert-OH is 3. The minimum absolute atomic E-state index is 0.0368. The van der Waals surface area contributed by atoms with Crippen molar-refractivity contribution in [1.29, 1.82) is 0 Å². The molecule has 0 aromatic heterocycles. The summed E-state index contributed by atoms with van der Waals surface area (Å²) in [5.74, 6) is 1.38. The fraction of sp³-hybridized carbons (Fsp3) is 0.969. The summed E-state index contributed by atoms with van der Waals surface area (Å²) in [4.78, 5) is 12.7. The van der Waals surface area contributed by atoms with Gasteiger partial charge in [0.05, 0.1) is 55.6 Å². The van der Waals surface area contributed by atoms with Crippen LogP contribution < -0.4 is 5.32 Å². The van der Waals surface area contributed by atoms with Gasteiger partial charge in [0.25, 0.3) is 0 Å². The van der Waals surface area contributed by atoms with E-state index in [0.29, 0.717) is 48.2 Å². The molecule has 244 valence electrons. The van der Waals surface area contributed by atoms with Crippen molar-refractivity contribution < 1.29 is 37.6 Å². The van der Waals surface area contributed by atoms with Gasteiger partial charge in [-0.25, -0.2) is 8.42 Å². The average Bonchev–Trinajstić information content (AvgIpc) is 3.24. The summed E-state index contributed by atoms with van der Waals surface area (Å²) in [7, 11) is -0.177. The van der Waals surface area contributed by atoms with Crippen LogP contribution >= 0.6 is 0 Å². The Balaban J connectivity index is 1.27. The fourth-order valence-corrected chi connectivity index (χ4v) is 10.8. The Morgan fingerprint density at radius 3 is 2.40 bits per heavy atom. The predicted octanol–water partition coefficient (Wildman–Crippen LogP) is 2.88. The number of hydrogen-bond donors (Lipinski definition) is 4. The summed E-state index contributed by atoms with van der Waals surface area (Å²) in [5.41, 5.74) is -0.191. The highest BCUT2D eigenvalue weighted by Gasteiger charge is 2.65. The van der Waals surface area contributed by atoms with E-state index in [1.54, 1.807) is 0 Å². The highest BCUT2D eigenvalue weighted by Crippen LogP contribution is 2.68. The molecule has 0 aromatic rings. The third kappa shape index (κ3) is 7.20. The summed E-state index contributed by atoms with van der Waals surface area (Å²) in [6, 6.07) is 0. The Morgan fingerprint density at radius 1 is 1.02 bits per heavy atom. The van der Waals surface area contributed by atoms with Gasteiger partial charge >= 0.3 is 0 Å². The molecule has 0 saturated heterocycles. The lowest BCUT2D eigenvalue weighted by Gasteiger charge is -2.63. The van der Waals surface area contributed by atoms with Gasteiger partial charge in [-0.2, -0.15) is 0 Å². The summed E-state index contributed by atoms with van der Waals surface area (Å²) >= 11 is 0. The Kier molecular flexibility index (Phi) is 10.5. The Hall–Kier alpha value is -0.780. The second-order valence-electron chi connectivity index (χ2n) is 15.7. The lowest BCUT2D eigenvalue weighted by Crippen LogP contribution is -2.62. The number of nitrogens with zero attached hydrogens (tertiary/aromatic N) is 1. The summed E-state index contributed by atoms with van der Waals surface area (Å²) in [6.45, 7) is 8.78. The largest absolute Gasteiger partial charge is 0.748 e. The van der Waals surface area contributed by atoms with Gasteiger partial charge in [-0.15, -0.1) is 0 Å². The molecule has 0 spiro atoms. The molecule has 0 radical (unpaired) electrons. The van der Waals surface area contributed by atoms with Crippen molar-refractivity contribution in [2.75, 3.05) is 39.5 Å². The topological polar surface area (TPSA) is 147 Å². The molecule has 1 amide bonds. The normalized spacial score (nSPS) is 41.0. The van der Waals surface area contributed by atoms with E-state index in [-0.39, 0.29) is 52.5 Å². The molecule has 10 heteroatoms. The van der Waals surface area contributed by atoms with Crippen LogP contribution in [0.25, 0.3) is 0 Å². The molecule has 4 rings (SSSR count). The predicted molar refractivity (Wildman–Crippen MR) is 161 cm³/mol. The van der Waals surface area contributed by atoms with Crippen molar-refractivity contribution in [3.8, 4) is 0 Å². The van der Waals surface area contributed by atoms with Crippen LogP contribution in [0.1, 0.15) is 91.4 Å². The zero-order valence-electron chi connectivity index (χ0n) is 26.6. The number of carbonyl (C=O) groups is 1. The monoisotopic (exact) mass is 614 g/mol. The van der Waals surface area contributed by atoms with E-state index < -0.39 is 16.2 Å². The van der Waals surface area contributed by atoms with Crippen LogP contribution in [0.5, 0.6) is 0 Å². The molecule has 4 fully saturated rings. The molecule has 42 heavy (non-hydrogen) atoms. The van der Waals surface area contributed by atoms with Crippen molar-refractivity contribution in [3.63, 3.8) is 0 Å². The lowest BCUT2D eigenvalue weighted by atomic mass is 9.43. The number of aliphatic hydroxyl groups is 3.